The Morgan fingerprint density at radius 2 is 2.04 bits per heavy atom. The average molecular weight is 371 g/mol. The Morgan fingerprint density at radius 3 is 2.67 bits per heavy atom. The Bertz CT molecular complexity index is 782. The molecule has 1 heterocycles. The number of amides is 1. The van der Waals surface area contributed by atoms with Crippen molar-refractivity contribution >= 4 is 17.3 Å². The van der Waals surface area contributed by atoms with Crippen molar-refractivity contribution in [2.75, 3.05) is 18.4 Å². The highest BCUT2D eigenvalue weighted by molar-refractivity contribution is 5.95. The largest absolute Gasteiger partial charge is 0.371 e. The first-order chi connectivity index (χ1) is 12.9. The molecule has 0 spiro atoms. The van der Waals surface area contributed by atoms with E-state index in [2.05, 4.69) is 20.9 Å². The minimum Gasteiger partial charge on any atom is -0.371 e. The lowest BCUT2D eigenvalue weighted by Crippen LogP contribution is -2.38. The Balaban J connectivity index is 2.14. The number of carbonyl (C=O) groups is 1. The number of rotatable bonds is 9. The first kappa shape index (κ1) is 20.3. The number of carbonyl (C=O) groups excluding carboxylic acids is 1. The van der Waals surface area contributed by atoms with Crippen LogP contribution >= 0.6 is 0 Å². The number of benzene rings is 1. The first-order valence-corrected chi connectivity index (χ1v) is 8.89. The van der Waals surface area contributed by atoms with Crippen LogP contribution in [-0.2, 0) is 0 Å². The highest BCUT2D eigenvalue weighted by Gasteiger charge is 2.19. The minimum atomic E-state index is -0.495. The monoisotopic (exact) mass is 371 g/mol. The predicted molar refractivity (Wildman–Crippen MR) is 105 cm³/mol. The third-order valence-electron chi connectivity index (χ3n) is 4.08. The molecule has 0 aliphatic heterocycles. The summed E-state index contributed by atoms with van der Waals surface area (Å²) >= 11 is 0. The van der Waals surface area contributed by atoms with Crippen molar-refractivity contribution in [3.05, 3.63) is 64.0 Å². The van der Waals surface area contributed by atoms with Crippen molar-refractivity contribution in [2.45, 2.75) is 32.9 Å². The van der Waals surface area contributed by atoms with Gasteiger partial charge < -0.3 is 16.0 Å². The lowest BCUT2D eigenvalue weighted by molar-refractivity contribution is -0.384. The zero-order valence-electron chi connectivity index (χ0n) is 15.7. The number of hydrogen-bond donors (Lipinski definition) is 3. The van der Waals surface area contributed by atoms with Crippen LogP contribution in [-0.4, -0.2) is 34.9 Å². The fourth-order valence-electron chi connectivity index (χ4n) is 2.65. The van der Waals surface area contributed by atoms with E-state index in [9.17, 15) is 14.9 Å². The summed E-state index contributed by atoms with van der Waals surface area (Å²) in [5, 5.41) is 20.5. The van der Waals surface area contributed by atoms with Crippen LogP contribution in [0.1, 0.15) is 42.9 Å². The molecule has 144 valence electrons. The fraction of sp³-hybridized carbons (Fsp3) is 0.368. The van der Waals surface area contributed by atoms with Gasteiger partial charge >= 0.3 is 0 Å². The second-order valence-electron chi connectivity index (χ2n) is 6.28. The van der Waals surface area contributed by atoms with Gasteiger partial charge in [-0.3, -0.25) is 19.9 Å². The molecule has 1 aromatic heterocycles. The van der Waals surface area contributed by atoms with Crippen molar-refractivity contribution < 1.29 is 9.72 Å². The van der Waals surface area contributed by atoms with E-state index < -0.39 is 4.92 Å². The molecule has 0 radical (unpaired) electrons. The van der Waals surface area contributed by atoms with Gasteiger partial charge in [-0.15, -0.1) is 0 Å². The number of nitrogens with one attached hydrogen (secondary N) is 3. The number of pyridine rings is 1. The molecule has 27 heavy (non-hydrogen) atoms. The summed E-state index contributed by atoms with van der Waals surface area (Å²) in [5.74, 6) is -0.341. The highest BCUT2D eigenvalue weighted by Crippen LogP contribution is 2.28. The maximum absolute atomic E-state index is 12.3. The summed E-state index contributed by atoms with van der Waals surface area (Å²) in [6.07, 6.45) is 1.67. The number of aromatic nitrogens is 1. The molecule has 1 unspecified atom stereocenters. The maximum Gasteiger partial charge on any atom is 0.293 e. The maximum atomic E-state index is 12.3. The third kappa shape index (κ3) is 5.75. The number of anilines is 1. The molecule has 0 saturated carbocycles. The molecule has 0 fully saturated rings. The Kier molecular flexibility index (Phi) is 7.25. The van der Waals surface area contributed by atoms with E-state index in [1.165, 1.54) is 6.07 Å². The average Bonchev–Trinajstić information content (AvgIpc) is 2.67. The zero-order valence-corrected chi connectivity index (χ0v) is 15.7. The lowest BCUT2D eigenvalue weighted by Gasteiger charge is -2.16. The normalized spacial score (nSPS) is 12.9. The van der Waals surface area contributed by atoms with Crippen LogP contribution in [0.3, 0.4) is 0 Å². The van der Waals surface area contributed by atoms with Gasteiger partial charge in [0.1, 0.15) is 5.69 Å². The molecule has 2 rings (SSSR count). The summed E-state index contributed by atoms with van der Waals surface area (Å²) in [6.45, 7) is 7.06. The van der Waals surface area contributed by atoms with Crippen LogP contribution in [0.25, 0.3) is 0 Å². The van der Waals surface area contributed by atoms with Gasteiger partial charge in [0.05, 0.1) is 16.7 Å². The Labute approximate surface area is 158 Å². The summed E-state index contributed by atoms with van der Waals surface area (Å²) < 4.78 is 0. The molecule has 1 aromatic carbocycles. The highest BCUT2D eigenvalue weighted by atomic mass is 16.6. The van der Waals surface area contributed by atoms with E-state index in [1.807, 2.05) is 39.0 Å². The smallest absolute Gasteiger partial charge is 0.293 e. The molecule has 0 aliphatic carbocycles. The molecule has 2 aromatic rings. The summed E-state index contributed by atoms with van der Waals surface area (Å²) in [7, 11) is 0. The number of nitrogens with zero attached hydrogens (tertiary/aromatic N) is 2. The van der Waals surface area contributed by atoms with Crippen LogP contribution in [0.2, 0.25) is 0 Å². The van der Waals surface area contributed by atoms with Gasteiger partial charge in [-0.2, -0.15) is 0 Å². The van der Waals surface area contributed by atoms with Crippen LogP contribution < -0.4 is 16.0 Å². The van der Waals surface area contributed by atoms with Crippen molar-refractivity contribution in [3.8, 4) is 0 Å². The lowest BCUT2D eigenvalue weighted by atomic mass is 10.1. The molecule has 0 saturated heterocycles. The SMILES string of the molecule is CCN[C@H](C)CNC(=O)c1ccc(NC(C)c2ccccn2)c([N+](=O)[O-])c1. The third-order valence-corrected chi connectivity index (χ3v) is 4.08. The number of nitro benzene ring substituents is 1. The number of hydrogen-bond acceptors (Lipinski definition) is 6. The molecule has 8 nitrogen and oxygen atoms in total. The molecular weight excluding hydrogens is 346 g/mol. The van der Waals surface area contributed by atoms with Crippen molar-refractivity contribution in [3.63, 3.8) is 0 Å². The second-order valence-corrected chi connectivity index (χ2v) is 6.28. The van der Waals surface area contributed by atoms with Crippen molar-refractivity contribution in [1.29, 1.82) is 0 Å². The van der Waals surface area contributed by atoms with Gasteiger partial charge in [-0.05, 0) is 44.7 Å². The Hall–Kier alpha value is -3.00. The van der Waals surface area contributed by atoms with Crippen molar-refractivity contribution in [1.82, 2.24) is 15.6 Å². The fourth-order valence-corrected chi connectivity index (χ4v) is 2.65. The van der Waals surface area contributed by atoms with Gasteiger partial charge in [0.2, 0.25) is 0 Å². The number of nitro groups is 1. The molecule has 0 aliphatic rings. The minimum absolute atomic E-state index is 0.120. The molecule has 1 amide bonds. The van der Waals surface area contributed by atoms with Crippen LogP contribution in [0, 0.1) is 10.1 Å². The standard InChI is InChI=1S/C19H25N5O3/c1-4-20-13(2)12-22-19(25)15-8-9-17(18(11-15)24(26)27)23-14(3)16-7-5-6-10-21-16/h5-11,13-14,20,23H,4,12H2,1-3H3,(H,22,25)/t13-,14?/m1/s1. The topological polar surface area (TPSA) is 109 Å². The molecular formula is C19H25N5O3. The van der Waals surface area contributed by atoms with E-state index in [0.29, 0.717) is 12.2 Å². The van der Waals surface area contributed by atoms with E-state index in [4.69, 9.17) is 0 Å². The quantitative estimate of drug-likeness (QED) is 0.462. The van der Waals surface area contributed by atoms with E-state index in [1.54, 1.807) is 18.3 Å². The molecule has 0 bridgehead atoms. The summed E-state index contributed by atoms with van der Waals surface area (Å²) in [5.41, 5.74) is 1.22. The van der Waals surface area contributed by atoms with Crippen molar-refractivity contribution in [2.24, 2.45) is 0 Å². The summed E-state index contributed by atoms with van der Waals surface area (Å²) in [4.78, 5) is 27.5. The number of likely N-dealkylation sites (N-methyl/N-ethyl adjacent to an activating group) is 1. The van der Waals surface area contributed by atoms with Gasteiger partial charge in [-0.25, -0.2) is 0 Å². The zero-order chi connectivity index (χ0) is 19.8. The van der Waals surface area contributed by atoms with Crippen LogP contribution in [0.5, 0.6) is 0 Å². The van der Waals surface area contributed by atoms with E-state index in [0.717, 1.165) is 12.2 Å². The van der Waals surface area contributed by atoms with Crippen LogP contribution in [0.4, 0.5) is 11.4 Å². The van der Waals surface area contributed by atoms with Gasteiger partial charge in [0, 0.05) is 30.4 Å². The van der Waals surface area contributed by atoms with Gasteiger partial charge in [-0.1, -0.05) is 13.0 Å². The molecule has 3 N–H and O–H groups in total. The molecule has 8 heteroatoms. The Morgan fingerprint density at radius 1 is 1.26 bits per heavy atom. The van der Waals surface area contributed by atoms with Crippen LogP contribution in [0.15, 0.2) is 42.6 Å². The predicted octanol–water partition coefficient (Wildman–Crippen LogP) is 2.89. The van der Waals surface area contributed by atoms with E-state index >= 15 is 0 Å². The van der Waals surface area contributed by atoms with E-state index in [-0.39, 0.29) is 29.2 Å². The van der Waals surface area contributed by atoms with Gasteiger partial charge in [0.15, 0.2) is 0 Å². The van der Waals surface area contributed by atoms with Gasteiger partial charge in [0.25, 0.3) is 11.6 Å². The summed E-state index contributed by atoms with van der Waals surface area (Å²) in [6, 6.07) is 9.84. The molecule has 2 atom stereocenters. The first-order valence-electron chi connectivity index (χ1n) is 8.89. The second kappa shape index (κ2) is 9.63.